The lowest BCUT2D eigenvalue weighted by Crippen LogP contribution is -2.35. The van der Waals surface area contributed by atoms with Crippen LogP contribution in [0.2, 0.25) is 0 Å². The predicted octanol–water partition coefficient (Wildman–Crippen LogP) is 4.93. The average Bonchev–Trinajstić information content (AvgIpc) is 3.46. The topological polar surface area (TPSA) is 75.2 Å². The molecule has 1 aliphatic carbocycles. The molecule has 2 aromatic heterocycles. The van der Waals surface area contributed by atoms with E-state index in [0.717, 1.165) is 42.8 Å². The molecule has 3 aromatic rings. The van der Waals surface area contributed by atoms with Crippen LogP contribution in [0.4, 0.5) is 10.8 Å². The number of pyridine rings is 1. The van der Waals surface area contributed by atoms with Crippen molar-refractivity contribution in [3.63, 3.8) is 0 Å². The Morgan fingerprint density at radius 3 is 2.68 bits per heavy atom. The van der Waals surface area contributed by atoms with Crippen LogP contribution in [0, 0.1) is 5.92 Å². The van der Waals surface area contributed by atoms with Gasteiger partial charge < -0.3 is 4.90 Å². The lowest BCUT2D eigenvalue weighted by atomic mass is 9.88. The minimum absolute atomic E-state index is 0.185. The first-order chi connectivity index (χ1) is 15.2. The van der Waals surface area contributed by atoms with Gasteiger partial charge in [0.1, 0.15) is 0 Å². The van der Waals surface area contributed by atoms with Gasteiger partial charge in [-0.3, -0.25) is 19.9 Å². The summed E-state index contributed by atoms with van der Waals surface area (Å²) in [5.41, 5.74) is 4.62. The number of rotatable bonds is 4. The lowest BCUT2D eigenvalue weighted by molar-refractivity contribution is -0.123. The molecule has 0 spiro atoms. The molecule has 0 saturated heterocycles. The van der Waals surface area contributed by atoms with Crippen LogP contribution in [0.25, 0.3) is 11.3 Å². The summed E-state index contributed by atoms with van der Waals surface area (Å²) in [6.07, 6.45) is 9.69. The summed E-state index contributed by atoms with van der Waals surface area (Å²) in [6.45, 7) is 0.762. The molecule has 1 N–H and O–H groups in total. The highest BCUT2D eigenvalue weighted by atomic mass is 32.1. The van der Waals surface area contributed by atoms with E-state index < -0.39 is 0 Å². The monoisotopic (exact) mass is 432 g/mol. The van der Waals surface area contributed by atoms with Crippen molar-refractivity contribution in [1.82, 2.24) is 9.97 Å². The van der Waals surface area contributed by atoms with Gasteiger partial charge in [0.2, 0.25) is 5.91 Å². The Balaban J connectivity index is 1.30. The van der Waals surface area contributed by atoms with E-state index in [-0.39, 0.29) is 11.8 Å². The smallest absolute Gasteiger partial charge is 0.257 e. The second kappa shape index (κ2) is 8.59. The fourth-order valence-electron chi connectivity index (χ4n) is 4.50. The highest BCUT2D eigenvalue weighted by Crippen LogP contribution is 2.36. The van der Waals surface area contributed by atoms with Crippen molar-refractivity contribution < 1.29 is 9.59 Å². The van der Waals surface area contributed by atoms with Gasteiger partial charge in [-0.2, -0.15) is 0 Å². The largest absolute Gasteiger partial charge is 0.312 e. The van der Waals surface area contributed by atoms with Crippen molar-refractivity contribution in [3.8, 4) is 11.3 Å². The molecule has 2 aliphatic rings. The normalized spacial score (nSPS) is 16.2. The highest BCUT2D eigenvalue weighted by molar-refractivity contribution is 7.14. The first-order valence-electron chi connectivity index (χ1n) is 10.8. The van der Waals surface area contributed by atoms with Crippen LogP contribution < -0.4 is 10.2 Å². The maximum Gasteiger partial charge on any atom is 0.257 e. The van der Waals surface area contributed by atoms with Gasteiger partial charge in [0, 0.05) is 47.1 Å². The molecule has 158 valence electrons. The number of carbonyl (C=O) groups excluding carboxylic acids is 2. The number of anilines is 2. The van der Waals surface area contributed by atoms with Crippen LogP contribution in [0.5, 0.6) is 0 Å². The number of fused-ring (bicyclic) bond motifs is 1. The third kappa shape index (κ3) is 4.10. The molecule has 6 nitrogen and oxygen atoms in total. The lowest BCUT2D eigenvalue weighted by Gasteiger charge is -2.26. The molecule has 1 aromatic carbocycles. The summed E-state index contributed by atoms with van der Waals surface area (Å²) < 4.78 is 0. The van der Waals surface area contributed by atoms with E-state index in [2.05, 4.69) is 21.4 Å². The second-order valence-corrected chi connectivity index (χ2v) is 9.00. The Morgan fingerprint density at radius 2 is 1.87 bits per heavy atom. The summed E-state index contributed by atoms with van der Waals surface area (Å²) in [4.78, 5) is 35.9. The maximum absolute atomic E-state index is 13.0. The van der Waals surface area contributed by atoms with E-state index in [0.29, 0.717) is 16.6 Å². The number of benzene rings is 1. The van der Waals surface area contributed by atoms with Gasteiger partial charge >= 0.3 is 0 Å². The van der Waals surface area contributed by atoms with Gasteiger partial charge in [-0.15, -0.1) is 11.3 Å². The average molecular weight is 433 g/mol. The van der Waals surface area contributed by atoms with Gasteiger partial charge in [-0.05, 0) is 49.1 Å². The van der Waals surface area contributed by atoms with Crippen molar-refractivity contribution >= 4 is 34.0 Å². The number of nitrogens with zero attached hydrogens (tertiary/aromatic N) is 3. The van der Waals surface area contributed by atoms with E-state index in [9.17, 15) is 9.59 Å². The van der Waals surface area contributed by atoms with Crippen LogP contribution in [-0.4, -0.2) is 28.3 Å². The minimum atomic E-state index is -0.200. The first-order valence-corrected chi connectivity index (χ1v) is 11.7. The Bertz CT molecular complexity index is 1110. The molecule has 0 bridgehead atoms. The van der Waals surface area contributed by atoms with E-state index in [4.69, 9.17) is 0 Å². The molecule has 31 heavy (non-hydrogen) atoms. The number of carbonyl (C=O) groups is 2. The number of hydrogen-bond acceptors (Lipinski definition) is 5. The molecule has 0 radical (unpaired) electrons. The predicted molar refractivity (Wildman–Crippen MR) is 122 cm³/mol. The number of aromatic nitrogens is 2. The first kappa shape index (κ1) is 19.9. The second-order valence-electron chi connectivity index (χ2n) is 8.15. The molecule has 0 atom stereocenters. The Kier molecular flexibility index (Phi) is 5.51. The third-order valence-electron chi connectivity index (χ3n) is 6.16. The molecule has 7 heteroatoms. The summed E-state index contributed by atoms with van der Waals surface area (Å²) >= 11 is 1.40. The number of thiazole rings is 1. The van der Waals surface area contributed by atoms with Gasteiger partial charge in [-0.1, -0.05) is 25.3 Å². The van der Waals surface area contributed by atoms with Crippen molar-refractivity contribution in [2.24, 2.45) is 5.92 Å². The van der Waals surface area contributed by atoms with Crippen molar-refractivity contribution in [2.45, 2.75) is 38.5 Å². The molecule has 1 fully saturated rings. The van der Waals surface area contributed by atoms with Crippen molar-refractivity contribution in [2.75, 3.05) is 16.8 Å². The number of nitrogens with one attached hydrogen (secondary N) is 1. The zero-order valence-electron chi connectivity index (χ0n) is 17.2. The fourth-order valence-corrected chi connectivity index (χ4v) is 5.21. The van der Waals surface area contributed by atoms with E-state index in [1.54, 1.807) is 24.5 Å². The quantitative estimate of drug-likeness (QED) is 0.634. The number of amides is 2. The molecule has 5 rings (SSSR count). The SMILES string of the molecule is O=C(Nc1nc(-c2ccc3c(c2)CCN3C(=O)C2CCCCC2)cs1)c1ccncc1. The zero-order chi connectivity index (χ0) is 21.2. The van der Waals surface area contributed by atoms with Crippen LogP contribution >= 0.6 is 11.3 Å². The van der Waals surface area contributed by atoms with Crippen LogP contribution in [0.3, 0.4) is 0 Å². The van der Waals surface area contributed by atoms with Crippen LogP contribution in [0.15, 0.2) is 48.1 Å². The van der Waals surface area contributed by atoms with E-state index >= 15 is 0 Å². The highest BCUT2D eigenvalue weighted by Gasteiger charge is 2.31. The van der Waals surface area contributed by atoms with Gasteiger partial charge in [0.25, 0.3) is 5.91 Å². The van der Waals surface area contributed by atoms with Crippen LogP contribution in [-0.2, 0) is 11.2 Å². The molecular weight excluding hydrogens is 408 g/mol. The van der Waals surface area contributed by atoms with Crippen LogP contribution in [0.1, 0.15) is 48.0 Å². The molecule has 1 saturated carbocycles. The number of hydrogen-bond donors (Lipinski definition) is 1. The molecule has 3 heterocycles. The van der Waals surface area contributed by atoms with Crippen molar-refractivity contribution in [1.29, 1.82) is 0 Å². The van der Waals surface area contributed by atoms with Crippen molar-refractivity contribution in [3.05, 3.63) is 59.2 Å². The Hall–Kier alpha value is -3.06. The molecule has 1 aliphatic heterocycles. The summed E-state index contributed by atoms with van der Waals surface area (Å²) in [5, 5.41) is 5.36. The summed E-state index contributed by atoms with van der Waals surface area (Å²) in [6, 6.07) is 9.55. The van der Waals surface area contributed by atoms with E-state index in [1.165, 1.54) is 36.2 Å². The van der Waals surface area contributed by atoms with Gasteiger partial charge in [-0.25, -0.2) is 4.98 Å². The van der Waals surface area contributed by atoms with Gasteiger partial charge in [0.05, 0.1) is 5.69 Å². The maximum atomic E-state index is 13.0. The van der Waals surface area contributed by atoms with Gasteiger partial charge in [0.15, 0.2) is 5.13 Å². The fraction of sp³-hybridized carbons (Fsp3) is 0.333. The standard InChI is InChI=1S/C24H24N4O2S/c29-22(16-8-11-25-12-9-16)27-24-26-20(15-31-24)18-6-7-21-19(14-18)10-13-28(21)23(30)17-4-2-1-3-5-17/h6-9,11-12,14-15,17H,1-5,10,13H2,(H,26,27,29). The molecule has 2 amide bonds. The Labute approximate surface area is 185 Å². The minimum Gasteiger partial charge on any atom is -0.312 e. The Morgan fingerprint density at radius 1 is 1.06 bits per heavy atom. The molecule has 0 unspecified atom stereocenters. The third-order valence-corrected chi connectivity index (χ3v) is 6.92. The summed E-state index contributed by atoms with van der Waals surface area (Å²) in [7, 11) is 0. The summed E-state index contributed by atoms with van der Waals surface area (Å²) in [5.74, 6) is 0.277. The van der Waals surface area contributed by atoms with E-state index in [1.807, 2.05) is 22.4 Å². The zero-order valence-corrected chi connectivity index (χ0v) is 18.0. The molecular formula is C24H24N4O2S.